The normalized spacial score (nSPS) is 20.7. The molecule has 9 nitrogen and oxygen atoms in total. The van der Waals surface area contributed by atoms with Crippen molar-refractivity contribution in [3.8, 4) is 0 Å². The number of carbonyl (C=O) groups excluding carboxylic acids is 3. The number of ether oxygens (including phenoxy) is 1. The molecule has 0 bridgehead atoms. The third-order valence-electron chi connectivity index (χ3n) is 6.52. The predicted molar refractivity (Wildman–Crippen MR) is 116 cm³/mol. The van der Waals surface area contributed by atoms with Crippen molar-refractivity contribution in [3.05, 3.63) is 29.8 Å². The van der Waals surface area contributed by atoms with Gasteiger partial charge in [0.05, 0.1) is 0 Å². The quantitative estimate of drug-likeness (QED) is 0.759. The van der Waals surface area contributed by atoms with Crippen molar-refractivity contribution in [1.29, 1.82) is 0 Å². The molecule has 0 aromatic heterocycles. The number of hydrogen-bond acceptors (Lipinski definition) is 5. The van der Waals surface area contributed by atoms with E-state index in [-0.39, 0.29) is 30.6 Å². The van der Waals surface area contributed by atoms with E-state index in [1.807, 2.05) is 29.2 Å². The monoisotopic (exact) mass is 429 g/mol. The van der Waals surface area contributed by atoms with E-state index >= 15 is 0 Å². The highest BCUT2D eigenvalue weighted by molar-refractivity contribution is 5.91. The molecule has 2 fully saturated rings. The zero-order valence-electron chi connectivity index (χ0n) is 17.8. The van der Waals surface area contributed by atoms with Gasteiger partial charge in [-0.15, -0.1) is 0 Å². The summed E-state index contributed by atoms with van der Waals surface area (Å²) in [7, 11) is 0. The van der Waals surface area contributed by atoms with Crippen LogP contribution in [0, 0.1) is 0 Å². The molecule has 2 saturated heterocycles. The van der Waals surface area contributed by atoms with E-state index in [9.17, 15) is 14.4 Å². The third-order valence-corrected chi connectivity index (χ3v) is 6.52. The number of nitrogens with one attached hydrogen (secondary N) is 1. The molecule has 9 heteroatoms. The summed E-state index contributed by atoms with van der Waals surface area (Å²) in [6, 6.07) is 8.01. The molecule has 0 unspecified atom stereocenters. The summed E-state index contributed by atoms with van der Waals surface area (Å²) in [5, 5.41) is 3.00. The van der Waals surface area contributed by atoms with Gasteiger partial charge in [0.2, 0.25) is 0 Å². The minimum Gasteiger partial charge on any atom is -0.439 e. The topological polar surface area (TPSA) is 108 Å². The van der Waals surface area contributed by atoms with Crippen LogP contribution < -0.4 is 11.1 Å². The number of piperidine rings is 2. The van der Waals surface area contributed by atoms with Crippen LogP contribution >= 0.6 is 0 Å². The highest BCUT2D eigenvalue weighted by atomic mass is 16.6. The Morgan fingerprint density at radius 1 is 1.00 bits per heavy atom. The van der Waals surface area contributed by atoms with E-state index in [1.165, 1.54) is 0 Å². The first-order chi connectivity index (χ1) is 15.0. The smallest absolute Gasteiger partial charge is 0.410 e. The number of carbonyl (C=O) groups is 3. The summed E-state index contributed by atoms with van der Waals surface area (Å²) < 4.78 is 5.26. The fourth-order valence-corrected chi connectivity index (χ4v) is 4.55. The van der Waals surface area contributed by atoms with Crippen LogP contribution in [0.2, 0.25) is 0 Å². The van der Waals surface area contributed by atoms with Gasteiger partial charge in [0.25, 0.3) is 5.91 Å². The Morgan fingerprint density at radius 2 is 1.68 bits per heavy atom. The molecule has 0 aliphatic carbocycles. The molecule has 3 N–H and O–H groups in total. The molecule has 3 heterocycles. The number of nitrogens with two attached hydrogens (primary N) is 1. The van der Waals surface area contributed by atoms with Crippen LogP contribution in [0.4, 0.5) is 15.3 Å². The molecule has 4 rings (SSSR count). The number of urea groups is 1. The second-order valence-corrected chi connectivity index (χ2v) is 8.52. The lowest BCUT2D eigenvalue weighted by Gasteiger charge is -2.37. The van der Waals surface area contributed by atoms with Crippen LogP contribution in [0.3, 0.4) is 0 Å². The Bertz CT molecular complexity index is 816. The van der Waals surface area contributed by atoms with Gasteiger partial charge in [0.1, 0.15) is 0 Å². The first-order valence-electron chi connectivity index (χ1n) is 11.1. The first-order valence-corrected chi connectivity index (χ1v) is 11.1. The number of anilines is 1. The summed E-state index contributed by atoms with van der Waals surface area (Å²) in [6.07, 6.45) is 3.28. The fraction of sp³-hybridized carbons (Fsp3) is 0.591. The van der Waals surface area contributed by atoms with Gasteiger partial charge in [-0.3, -0.25) is 4.79 Å². The van der Waals surface area contributed by atoms with Gasteiger partial charge in [0.15, 0.2) is 6.61 Å². The molecule has 3 aliphatic heterocycles. The Morgan fingerprint density at radius 3 is 2.42 bits per heavy atom. The van der Waals surface area contributed by atoms with Gasteiger partial charge in [-0.2, -0.15) is 0 Å². The SMILES string of the molecule is NC1CCN(C(=O)COC(=O)N2CCC(N3CCc4ccccc4NC3=O)CC2)CC1. The number of rotatable bonds is 3. The molecule has 31 heavy (non-hydrogen) atoms. The number of nitrogens with zero attached hydrogens (tertiary/aromatic N) is 3. The maximum Gasteiger partial charge on any atom is 0.410 e. The number of amides is 4. The average molecular weight is 430 g/mol. The van der Waals surface area contributed by atoms with Crippen molar-refractivity contribution in [2.24, 2.45) is 5.73 Å². The Balaban J connectivity index is 1.23. The van der Waals surface area contributed by atoms with Crippen molar-refractivity contribution in [1.82, 2.24) is 14.7 Å². The van der Waals surface area contributed by atoms with Gasteiger partial charge in [-0.1, -0.05) is 18.2 Å². The lowest BCUT2D eigenvalue weighted by Crippen LogP contribution is -2.50. The van der Waals surface area contributed by atoms with Gasteiger partial charge < -0.3 is 30.5 Å². The van der Waals surface area contributed by atoms with Crippen molar-refractivity contribution in [2.45, 2.75) is 44.2 Å². The highest BCUT2D eigenvalue weighted by Gasteiger charge is 2.32. The maximum absolute atomic E-state index is 12.7. The average Bonchev–Trinajstić information content (AvgIpc) is 2.96. The van der Waals surface area contributed by atoms with Crippen LogP contribution in [0.5, 0.6) is 0 Å². The van der Waals surface area contributed by atoms with Crippen LogP contribution in [0.1, 0.15) is 31.2 Å². The Kier molecular flexibility index (Phi) is 6.60. The van der Waals surface area contributed by atoms with E-state index in [4.69, 9.17) is 10.5 Å². The molecular weight excluding hydrogens is 398 g/mol. The van der Waals surface area contributed by atoms with Crippen molar-refractivity contribution in [2.75, 3.05) is 44.6 Å². The number of benzene rings is 1. The molecule has 168 valence electrons. The summed E-state index contributed by atoms with van der Waals surface area (Å²) in [6.45, 7) is 2.67. The van der Waals surface area contributed by atoms with Crippen LogP contribution in [-0.2, 0) is 16.0 Å². The van der Waals surface area contributed by atoms with Gasteiger partial charge in [-0.05, 0) is 43.7 Å². The lowest BCUT2D eigenvalue weighted by molar-refractivity contribution is -0.135. The number of para-hydroxylation sites is 1. The zero-order chi connectivity index (χ0) is 21.8. The first kappa shape index (κ1) is 21.4. The van der Waals surface area contributed by atoms with Crippen LogP contribution in [0.15, 0.2) is 24.3 Å². The van der Waals surface area contributed by atoms with Gasteiger partial charge >= 0.3 is 12.1 Å². The summed E-state index contributed by atoms with van der Waals surface area (Å²) in [4.78, 5) is 42.6. The van der Waals surface area contributed by atoms with Crippen molar-refractivity contribution < 1.29 is 19.1 Å². The van der Waals surface area contributed by atoms with Gasteiger partial charge in [0, 0.05) is 50.5 Å². The van der Waals surface area contributed by atoms with Gasteiger partial charge in [-0.25, -0.2) is 9.59 Å². The predicted octanol–water partition coefficient (Wildman–Crippen LogP) is 1.63. The zero-order valence-corrected chi connectivity index (χ0v) is 17.8. The summed E-state index contributed by atoms with van der Waals surface area (Å²) >= 11 is 0. The molecule has 0 atom stereocenters. The fourth-order valence-electron chi connectivity index (χ4n) is 4.55. The minimum absolute atomic E-state index is 0.0811. The lowest BCUT2D eigenvalue weighted by atomic mass is 10.0. The van der Waals surface area contributed by atoms with Crippen molar-refractivity contribution in [3.63, 3.8) is 0 Å². The molecule has 3 aliphatic rings. The second kappa shape index (κ2) is 9.55. The second-order valence-electron chi connectivity index (χ2n) is 8.52. The number of fused-ring (bicyclic) bond motifs is 1. The largest absolute Gasteiger partial charge is 0.439 e. The number of likely N-dealkylation sites (tertiary alicyclic amines) is 2. The third kappa shape index (κ3) is 5.10. The van der Waals surface area contributed by atoms with E-state index in [2.05, 4.69) is 5.32 Å². The molecule has 0 radical (unpaired) electrons. The molecular formula is C22H31N5O4. The van der Waals surface area contributed by atoms with Crippen LogP contribution in [-0.4, -0.2) is 84.1 Å². The Hall–Kier alpha value is -2.81. The minimum atomic E-state index is -0.465. The molecule has 1 aromatic rings. The molecule has 4 amide bonds. The van der Waals surface area contributed by atoms with Crippen LogP contribution in [0.25, 0.3) is 0 Å². The van der Waals surface area contributed by atoms with E-state index < -0.39 is 6.09 Å². The molecule has 0 spiro atoms. The highest BCUT2D eigenvalue weighted by Crippen LogP contribution is 2.24. The molecule has 0 saturated carbocycles. The van der Waals surface area contributed by atoms with Crippen molar-refractivity contribution >= 4 is 23.7 Å². The number of hydrogen-bond donors (Lipinski definition) is 2. The summed E-state index contributed by atoms with van der Waals surface area (Å²) in [5.74, 6) is -0.170. The summed E-state index contributed by atoms with van der Waals surface area (Å²) in [5.41, 5.74) is 7.87. The Labute approximate surface area is 182 Å². The van der Waals surface area contributed by atoms with E-state index in [0.29, 0.717) is 45.6 Å². The standard InChI is InChI=1S/C22H31N5O4/c23-17-6-10-25(11-7-17)20(28)15-31-22(30)26-12-8-18(9-13-26)27-14-5-16-3-1-2-4-19(16)24-21(27)29/h1-4,17-18H,5-15,23H2,(H,24,29). The van der Waals surface area contributed by atoms with E-state index in [0.717, 1.165) is 30.5 Å². The maximum atomic E-state index is 12.7. The molecule has 1 aromatic carbocycles. The van der Waals surface area contributed by atoms with E-state index in [1.54, 1.807) is 9.80 Å².